The molecule has 2 N–H and O–H groups in total. The van der Waals surface area contributed by atoms with Crippen molar-refractivity contribution in [2.75, 3.05) is 19.6 Å². The Kier molecular flexibility index (Phi) is 7.09. The number of piperidine rings is 1. The number of rotatable bonds is 6. The van der Waals surface area contributed by atoms with Crippen LogP contribution in [0.25, 0.3) is 0 Å². The molecular weight excluding hydrogens is 302 g/mol. The smallest absolute Gasteiger partial charge is 0.315 e. The van der Waals surface area contributed by atoms with E-state index >= 15 is 0 Å². The summed E-state index contributed by atoms with van der Waals surface area (Å²) < 4.78 is 0. The van der Waals surface area contributed by atoms with Gasteiger partial charge < -0.3 is 15.5 Å². The van der Waals surface area contributed by atoms with Gasteiger partial charge in [0.25, 0.3) is 0 Å². The maximum Gasteiger partial charge on any atom is 0.315 e. The lowest BCUT2D eigenvalue weighted by molar-refractivity contribution is -0.135. The van der Waals surface area contributed by atoms with Crippen molar-refractivity contribution in [3.8, 4) is 0 Å². The lowest BCUT2D eigenvalue weighted by Gasteiger charge is -2.33. The summed E-state index contributed by atoms with van der Waals surface area (Å²) in [5.41, 5.74) is 1.29. The molecule has 0 unspecified atom stereocenters. The molecule has 0 radical (unpaired) electrons. The van der Waals surface area contributed by atoms with Crippen LogP contribution in [0.15, 0.2) is 30.3 Å². The lowest BCUT2D eigenvalue weighted by Crippen LogP contribution is -2.49. The van der Waals surface area contributed by atoms with E-state index in [0.717, 1.165) is 38.8 Å². The third-order valence-corrected chi connectivity index (χ3v) is 4.41. The topological polar surface area (TPSA) is 61.4 Å². The second-order valence-corrected chi connectivity index (χ2v) is 6.74. The number of hydrogen-bond acceptors (Lipinski definition) is 2. The van der Waals surface area contributed by atoms with Gasteiger partial charge in [-0.1, -0.05) is 44.2 Å². The number of carbonyl (C=O) groups is 2. The number of aryl methyl sites for hydroxylation is 1. The molecule has 1 aromatic rings. The van der Waals surface area contributed by atoms with Crippen molar-refractivity contribution < 1.29 is 9.59 Å². The van der Waals surface area contributed by atoms with Crippen LogP contribution in [-0.4, -0.2) is 42.5 Å². The van der Waals surface area contributed by atoms with Crippen LogP contribution in [0.1, 0.15) is 38.7 Å². The zero-order valence-electron chi connectivity index (χ0n) is 14.8. The van der Waals surface area contributed by atoms with Crippen LogP contribution in [-0.2, 0) is 11.2 Å². The molecule has 132 valence electrons. The number of urea groups is 1. The first kappa shape index (κ1) is 18.3. The highest BCUT2D eigenvalue weighted by molar-refractivity contribution is 5.78. The quantitative estimate of drug-likeness (QED) is 0.787. The zero-order chi connectivity index (χ0) is 17.4. The number of carbonyl (C=O) groups excluding carboxylic acids is 2. The van der Waals surface area contributed by atoms with Crippen molar-refractivity contribution in [2.24, 2.45) is 5.92 Å². The zero-order valence-corrected chi connectivity index (χ0v) is 14.8. The number of nitrogens with zero attached hydrogens (tertiary/aromatic N) is 1. The molecule has 1 aliphatic rings. The highest BCUT2D eigenvalue weighted by Crippen LogP contribution is 2.13. The SMILES string of the molecule is CC(C)C(=O)N1CCC(NC(=O)NCCCc2ccccc2)CC1. The van der Waals surface area contributed by atoms with Gasteiger partial charge in [0.2, 0.25) is 5.91 Å². The molecule has 3 amide bonds. The molecule has 1 aromatic carbocycles. The van der Waals surface area contributed by atoms with Gasteiger partial charge in [0.05, 0.1) is 0 Å². The third kappa shape index (κ3) is 5.87. The Morgan fingerprint density at radius 3 is 2.46 bits per heavy atom. The predicted molar refractivity (Wildman–Crippen MR) is 95.7 cm³/mol. The van der Waals surface area contributed by atoms with E-state index in [1.807, 2.05) is 36.9 Å². The van der Waals surface area contributed by atoms with Crippen LogP contribution >= 0.6 is 0 Å². The van der Waals surface area contributed by atoms with Gasteiger partial charge in [0, 0.05) is 31.6 Å². The van der Waals surface area contributed by atoms with Crippen LogP contribution in [0.4, 0.5) is 4.79 Å². The highest BCUT2D eigenvalue weighted by atomic mass is 16.2. The fourth-order valence-electron chi connectivity index (χ4n) is 2.98. The predicted octanol–water partition coefficient (Wildman–Crippen LogP) is 2.57. The van der Waals surface area contributed by atoms with Gasteiger partial charge in [0.1, 0.15) is 0 Å². The Morgan fingerprint density at radius 2 is 1.83 bits per heavy atom. The molecule has 0 atom stereocenters. The van der Waals surface area contributed by atoms with E-state index in [1.165, 1.54) is 5.56 Å². The normalized spacial score (nSPS) is 15.4. The molecule has 0 saturated carbocycles. The molecule has 0 spiro atoms. The summed E-state index contributed by atoms with van der Waals surface area (Å²) in [6.45, 7) is 5.99. The standard InChI is InChI=1S/C19H29N3O2/c1-15(2)18(23)22-13-10-17(11-14-22)21-19(24)20-12-6-9-16-7-4-3-5-8-16/h3-5,7-8,15,17H,6,9-14H2,1-2H3,(H2,20,21,24). The highest BCUT2D eigenvalue weighted by Gasteiger charge is 2.24. The average Bonchev–Trinajstić information content (AvgIpc) is 2.59. The summed E-state index contributed by atoms with van der Waals surface area (Å²) >= 11 is 0. The molecule has 2 rings (SSSR count). The van der Waals surface area contributed by atoms with Gasteiger partial charge in [-0.3, -0.25) is 4.79 Å². The van der Waals surface area contributed by atoms with Crippen molar-refractivity contribution in [3.63, 3.8) is 0 Å². The maximum absolute atomic E-state index is 11.9. The summed E-state index contributed by atoms with van der Waals surface area (Å²) in [5.74, 6) is 0.251. The molecule has 0 bridgehead atoms. The molecule has 24 heavy (non-hydrogen) atoms. The lowest BCUT2D eigenvalue weighted by atomic mass is 10.0. The summed E-state index contributed by atoms with van der Waals surface area (Å²) in [7, 11) is 0. The Bertz CT molecular complexity index is 523. The van der Waals surface area contributed by atoms with Gasteiger partial charge in [-0.15, -0.1) is 0 Å². The minimum atomic E-state index is -0.100. The molecule has 0 aliphatic carbocycles. The number of nitrogens with one attached hydrogen (secondary N) is 2. The molecule has 0 aromatic heterocycles. The van der Waals surface area contributed by atoms with Gasteiger partial charge >= 0.3 is 6.03 Å². The van der Waals surface area contributed by atoms with Crippen molar-refractivity contribution in [1.29, 1.82) is 0 Å². The summed E-state index contributed by atoms with van der Waals surface area (Å²) in [6, 6.07) is 10.3. The van der Waals surface area contributed by atoms with Crippen molar-refractivity contribution >= 4 is 11.9 Å². The fraction of sp³-hybridized carbons (Fsp3) is 0.579. The molecule has 5 heteroatoms. The van der Waals surface area contributed by atoms with Gasteiger partial charge in [-0.25, -0.2) is 4.79 Å². The van der Waals surface area contributed by atoms with Gasteiger partial charge in [-0.05, 0) is 31.2 Å². The largest absolute Gasteiger partial charge is 0.342 e. The van der Waals surface area contributed by atoms with Crippen molar-refractivity contribution in [3.05, 3.63) is 35.9 Å². The van der Waals surface area contributed by atoms with E-state index in [4.69, 9.17) is 0 Å². The van der Waals surface area contributed by atoms with Crippen molar-refractivity contribution in [2.45, 2.75) is 45.6 Å². The molecule has 1 saturated heterocycles. The van der Waals surface area contributed by atoms with E-state index < -0.39 is 0 Å². The second-order valence-electron chi connectivity index (χ2n) is 6.74. The van der Waals surface area contributed by atoms with E-state index in [0.29, 0.717) is 6.54 Å². The van der Waals surface area contributed by atoms with Crippen LogP contribution in [0, 0.1) is 5.92 Å². The Labute approximate surface area is 144 Å². The molecule has 1 heterocycles. The molecule has 1 fully saturated rings. The molecular formula is C19H29N3O2. The van der Waals surface area contributed by atoms with E-state index in [2.05, 4.69) is 22.8 Å². The van der Waals surface area contributed by atoms with Crippen LogP contribution < -0.4 is 10.6 Å². The average molecular weight is 331 g/mol. The Balaban J connectivity index is 1.59. The van der Waals surface area contributed by atoms with E-state index in [9.17, 15) is 9.59 Å². The number of hydrogen-bond donors (Lipinski definition) is 2. The fourth-order valence-corrected chi connectivity index (χ4v) is 2.98. The first-order valence-corrected chi connectivity index (χ1v) is 8.93. The van der Waals surface area contributed by atoms with E-state index in [-0.39, 0.29) is 23.9 Å². The Hall–Kier alpha value is -2.04. The van der Waals surface area contributed by atoms with Crippen LogP contribution in [0.2, 0.25) is 0 Å². The summed E-state index contributed by atoms with van der Waals surface area (Å²) in [4.78, 5) is 25.8. The first-order chi connectivity index (χ1) is 11.6. The number of likely N-dealkylation sites (tertiary alicyclic amines) is 1. The second kappa shape index (κ2) is 9.30. The number of amides is 3. The van der Waals surface area contributed by atoms with Gasteiger partial charge in [-0.2, -0.15) is 0 Å². The minimum Gasteiger partial charge on any atom is -0.342 e. The summed E-state index contributed by atoms with van der Waals surface area (Å²) in [6.07, 6.45) is 3.56. The van der Waals surface area contributed by atoms with E-state index in [1.54, 1.807) is 0 Å². The molecule has 1 aliphatic heterocycles. The first-order valence-electron chi connectivity index (χ1n) is 8.93. The summed E-state index contributed by atoms with van der Waals surface area (Å²) in [5, 5.41) is 5.94. The van der Waals surface area contributed by atoms with Crippen LogP contribution in [0.3, 0.4) is 0 Å². The Morgan fingerprint density at radius 1 is 1.17 bits per heavy atom. The third-order valence-electron chi connectivity index (χ3n) is 4.41. The van der Waals surface area contributed by atoms with Crippen molar-refractivity contribution in [1.82, 2.24) is 15.5 Å². The van der Waals surface area contributed by atoms with Gasteiger partial charge in [0.15, 0.2) is 0 Å². The minimum absolute atomic E-state index is 0.0439. The van der Waals surface area contributed by atoms with Crippen LogP contribution in [0.5, 0.6) is 0 Å². The number of benzene rings is 1. The molecule has 5 nitrogen and oxygen atoms in total. The monoisotopic (exact) mass is 331 g/mol. The maximum atomic E-state index is 11.9.